The maximum absolute atomic E-state index is 13.2. The van der Waals surface area contributed by atoms with Crippen molar-refractivity contribution in [3.8, 4) is 0 Å². The third-order valence-electron chi connectivity index (χ3n) is 6.56. The Morgan fingerprint density at radius 1 is 1.11 bits per heavy atom. The van der Waals surface area contributed by atoms with E-state index in [0.717, 1.165) is 54.5 Å². The number of fused-ring (bicyclic) bond motifs is 1. The van der Waals surface area contributed by atoms with E-state index in [9.17, 15) is 9.18 Å². The first-order chi connectivity index (χ1) is 16.7. The molecule has 1 aliphatic rings. The molecule has 3 aromatic rings. The van der Waals surface area contributed by atoms with Crippen LogP contribution in [0.25, 0.3) is 16.6 Å². The predicted molar refractivity (Wildman–Crippen MR) is 145 cm³/mol. The normalized spacial score (nSPS) is 13.8. The summed E-state index contributed by atoms with van der Waals surface area (Å²) >= 11 is 6.62. The Bertz CT molecular complexity index is 1200. The van der Waals surface area contributed by atoms with Gasteiger partial charge in [-0.15, -0.1) is 0 Å². The number of nitrogens with one attached hydrogen (secondary N) is 1. The number of carbonyl (C=O) groups is 1. The first kappa shape index (κ1) is 26.6. The van der Waals surface area contributed by atoms with Crippen molar-refractivity contribution in [3.63, 3.8) is 0 Å². The molecule has 0 atom stereocenters. The van der Waals surface area contributed by atoms with Crippen molar-refractivity contribution >= 4 is 34.0 Å². The largest absolute Gasteiger partial charge is 0.375 e. The topological polar surface area (TPSA) is 39.3 Å². The molecule has 2 heterocycles. The summed E-state index contributed by atoms with van der Waals surface area (Å²) in [5.41, 5.74) is 4.69. The van der Waals surface area contributed by atoms with E-state index in [-0.39, 0.29) is 11.6 Å². The second-order valence-corrected chi connectivity index (χ2v) is 9.37. The van der Waals surface area contributed by atoms with Gasteiger partial charge in [-0.25, -0.2) is 4.39 Å². The van der Waals surface area contributed by atoms with Gasteiger partial charge >= 0.3 is 0 Å². The molecule has 0 saturated carbocycles. The van der Waals surface area contributed by atoms with Crippen molar-refractivity contribution in [1.29, 1.82) is 0 Å². The number of rotatable bonds is 7. The maximum Gasteiger partial charge on any atom is 0.210 e. The molecule has 0 aliphatic carbocycles. The summed E-state index contributed by atoms with van der Waals surface area (Å²) in [5.74, 6) is 0.243. The first-order valence-electron chi connectivity index (χ1n) is 12.1. The van der Waals surface area contributed by atoms with Gasteiger partial charge in [-0.05, 0) is 55.0 Å². The molecule has 0 bridgehead atoms. The highest BCUT2D eigenvalue weighted by Gasteiger charge is 2.23. The number of piperidine rings is 1. The van der Waals surface area contributed by atoms with Gasteiger partial charge in [0.2, 0.25) is 5.78 Å². The van der Waals surface area contributed by atoms with E-state index >= 15 is 0 Å². The van der Waals surface area contributed by atoms with Crippen LogP contribution in [0, 0.1) is 11.7 Å². The molecule has 2 aromatic carbocycles. The summed E-state index contributed by atoms with van der Waals surface area (Å²) in [5, 5.41) is 1.42. The van der Waals surface area contributed by atoms with E-state index in [0.29, 0.717) is 22.2 Å². The van der Waals surface area contributed by atoms with Gasteiger partial charge < -0.3 is 14.8 Å². The number of ketones is 1. The highest BCUT2D eigenvalue weighted by atomic mass is 35.5. The highest BCUT2D eigenvalue weighted by Crippen LogP contribution is 2.34. The zero-order valence-corrected chi connectivity index (χ0v) is 21.9. The fourth-order valence-corrected chi connectivity index (χ4v) is 4.71. The number of allylic oxidation sites excluding steroid dienone is 1. The predicted octanol–water partition coefficient (Wildman–Crippen LogP) is 7.17. The number of likely N-dealkylation sites (tertiary alicyclic amines) is 1. The van der Waals surface area contributed by atoms with Gasteiger partial charge in [0.25, 0.3) is 0 Å². The quantitative estimate of drug-likeness (QED) is 0.279. The summed E-state index contributed by atoms with van der Waals surface area (Å²) in [6, 6.07) is 10.6. The maximum atomic E-state index is 13.2. The minimum atomic E-state index is -0.197. The fraction of sp³-hybridized carbons (Fsp3) is 0.345. The van der Waals surface area contributed by atoms with Gasteiger partial charge in [-0.1, -0.05) is 50.7 Å². The summed E-state index contributed by atoms with van der Waals surface area (Å²) in [4.78, 5) is 20.0. The van der Waals surface area contributed by atoms with Gasteiger partial charge in [0, 0.05) is 61.1 Å². The summed E-state index contributed by atoms with van der Waals surface area (Å²) in [6.45, 7) is 14.0. The number of aromatic amines is 1. The van der Waals surface area contributed by atoms with E-state index in [1.54, 1.807) is 25.2 Å². The molecule has 4 nitrogen and oxygen atoms in total. The SMILES string of the molecule is C=C(C(=O)c1c[nH]c2cc(Cl)c(C(=C)N3CCC(Cc4ccc(F)cc4)CC3)cc12)N(C)C.CC. The molecule has 35 heavy (non-hydrogen) atoms. The Hall–Kier alpha value is -3.05. The molecule has 1 aromatic heterocycles. The molecule has 0 radical (unpaired) electrons. The number of likely N-dealkylation sites (N-methyl/N-ethyl adjacent to an activating group) is 1. The highest BCUT2D eigenvalue weighted by molar-refractivity contribution is 6.33. The van der Waals surface area contributed by atoms with Crippen LogP contribution in [-0.2, 0) is 6.42 Å². The molecule has 6 heteroatoms. The van der Waals surface area contributed by atoms with E-state index in [4.69, 9.17) is 11.6 Å². The van der Waals surface area contributed by atoms with Gasteiger partial charge in [-0.2, -0.15) is 0 Å². The average molecular weight is 496 g/mol. The van der Waals surface area contributed by atoms with E-state index in [1.165, 1.54) is 17.7 Å². The Kier molecular flexibility index (Phi) is 8.79. The van der Waals surface area contributed by atoms with Crippen molar-refractivity contribution < 1.29 is 9.18 Å². The second-order valence-electron chi connectivity index (χ2n) is 8.96. The average Bonchev–Trinajstić information content (AvgIpc) is 3.27. The van der Waals surface area contributed by atoms with Gasteiger partial charge in [0.05, 0.1) is 10.7 Å². The third-order valence-corrected chi connectivity index (χ3v) is 6.87. The standard InChI is InChI=1S/C27H29ClFN3O.C2H6/c1-17(32-11-9-20(10-12-32)13-19-5-7-21(29)8-6-19)22-14-23-24(27(33)18(2)31(3)4)16-30-26(23)15-25(22)28;1-2/h5-8,14-16,20,30H,1-2,9-13H2,3-4H3;1-2H3. The fourth-order valence-electron chi connectivity index (χ4n) is 4.44. The van der Waals surface area contributed by atoms with Crippen LogP contribution in [0.4, 0.5) is 4.39 Å². The Morgan fingerprint density at radius 2 is 1.74 bits per heavy atom. The molecule has 1 saturated heterocycles. The lowest BCUT2D eigenvalue weighted by Crippen LogP contribution is -2.33. The number of nitrogens with zero attached hydrogens (tertiary/aromatic N) is 2. The lowest BCUT2D eigenvalue weighted by Gasteiger charge is -2.35. The molecular weight excluding hydrogens is 461 g/mol. The van der Waals surface area contributed by atoms with Crippen LogP contribution in [0.1, 0.15) is 48.2 Å². The monoisotopic (exact) mass is 495 g/mol. The molecule has 1 aliphatic heterocycles. The Morgan fingerprint density at radius 3 is 2.34 bits per heavy atom. The minimum absolute atomic E-state index is 0.119. The number of Topliss-reactive ketones (excluding diaryl/α,β-unsaturated/α-hetero) is 1. The van der Waals surface area contributed by atoms with E-state index in [2.05, 4.69) is 23.0 Å². The molecule has 1 fully saturated rings. The van der Waals surface area contributed by atoms with Crippen LogP contribution in [0.2, 0.25) is 5.02 Å². The van der Waals surface area contributed by atoms with Crippen molar-refractivity contribution in [1.82, 2.24) is 14.8 Å². The number of benzene rings is 2. The zero-order chi connectivity index (χ0) is 25.7. The zero-order valence-electron chi connectivity index (χ0n) is 21.1. The van der Waals surface area contributed by atoms with E-state index in [1.807, 2.05) is 38.1 Å². The summed E-state index contributed by atoms with van der Waals surface area (Å²) < 4.78 is 13.2. The van der Waals surface area contributed by atoms with Crippen molar-refractivity contribution in [2.75, 3.05) is 27.2 Å². The van der Waals surface area contributed by atoms with E-state index < -0.39 is 0 Å². The number of carbonyl (C=O) groups excluding carboxylic acids is 1. The molecule has 4 rings (SSSR count). The third kappa shape index (κ3) is 5.96. The van der Waals surface area contributed by atoms with Gasteiger partial charge in [0.1, 0.15) is 5.82 Å². The first-order valence-corrected chi connectivity index (χ1v) is 12.5. The summed E-state index contributed by atoms with van der Waals surface area (Å²) in [6.07, 6.45) is 4.74. The Labute approximate surface area is 213 Å². The van der Waals surface area contributed by atoms with Crippen LogP contribution < -0.4 is 0 Å². The van der Waals surface area contributed by atoms with Gasteiger partial charge in [-0.3, -0.25) is 4.79 Å². The number of aromatic nitrogens is 1. The molecule has 0 unspecified atom stereocenters. The number of halogens is 2. The molecule has 1 N–H and O–H groups in total. The second kappa shape index (κ2) is 11.6. The molecular formula is C29H35ClFN3O. The molecule has 0 amide bonds. The van der Waals surface area contributed by atoms with Crippen LogP contribution in [0.15, 0.2) is 61.4 Å². The van der Waals surface area contributed by atoms with Crippen LogP contribution in [-0.4, -0.2) is 47.8 Å². The smallest absolute Gasteiger partial charge is 0.210 e. The molecule has 186 valence electrons. The Balaban J connectivity index is 0.00000167. The molecule has 0 spiro atoms. The van der Waals surface area contributed by atoms with Crippen molar-refractivity contribution in [3.05, 3.63) is 89.0 Å². The van der Waals surface area contributed by atoms with Crippen LogP contribution in [0.3, 0.4) is 0 Å². The van der Waals surface area contributed by atoms with Crippen LogP contribution in [0.5, 0.6) is 0 Å². The number of hydrogen-bond donors (Lipinski definition) is 1. The van der Waals surface area contributed by atoms with Gasteiger partial charge in [0.15, 0.2) is 0 Å². The minimum Gasteiger partial charge on any atom is -0.375 e. The van der Waals surface area contributed by atoms with Crippen molar-refractivity contribution in [2.24, 2.45) is 5.92 Å². The lowest BCUT2D eigenvalue weighted by molar-refractivity contribution is 0.101. The van der Waals surface area contributed by atoms with Crippen molar-refractivity contribution in [2.45, 2.75) is 33.1 Å². The number of hydrogen-bond acceptors (Lipinski definition) is 3. The van der Waals surface area contributed by atoms with Crippen LogP contribution >= 0.6 is 11.6 Å². The number of H-pyrrole nitrogens is 1. The lowest BCUT2D eigenvalue weighted by atomic mass is 9.89. The summed E-state index contributed by atoms with van der Waals surface area (Å²) in [7, 11) is 3.61.